The van der Waals surface area contributed by atoms with Gasteiger partial charge in [-0.3, -0.25) is 0 Å². The van der Waals surface area contributed by atoms with E-state index in [1.807, 2.05) is 44.9 Å². The maximum absolute atomic E-state index is 13.0. The molecule has 0 amide bonds. The van der Waals surface area contributed by atoms with Crippen molar-refractivity contribution in [2.45, 2.75) is 33.4 Å². The summed E-state index contributed by atoms with van der Waals surface area (Å²) in [5.74, 6) is 0. The van der Waals surface area contributed by atoms with Crippen LogP contribution in [0.1, 0.15) is 34.7 Å². The van der Waals surface area contributed by atoms with Crippen LogP contribution in [0.15, 0.2) is 35.3 Å². The Hall–Kier alpha value is -2.01. The monoisotopic (exact) mass is 382 g/mol. The second-order valence-corrected chi connectivity index (χ2v) is 6.77. The Kier molecular flexibility index (Phi) is 6.34. The fraction of sp³-hybridized carbons (Fsp3) is 0.350. The molecule has 2 aromatic rings. The maximum atomic E-state index is 13.0. The van der Waals surface area contributed by atoms with Crippen LogP contribution in [0.3, 0.4) is 0 Å². The Bertz CT molecular complexity index is 813. The van der Waals surface area contributed by atoms with Crippen LogP contribution < -0.4 is 0 Å². The molecule has 0 saturated carbocycles. The minimum absolute atomic E-state index is 0.335. The first-order chi connectivity index (χ1) is 12.1. The van der Waals surface area contributed by atoms with Crippen LogP contribution in [0.5, 0.6) is 0 Å². The van der Waals surface area contributed by atoms with Crippen LogP contribution >= 0.6 is 11.6 Å². The van der Waals surface area contributed by atoms with Crippen LogP contribution in [0.25, 0.3) is 0 Å². The van der Waals surface area contributed by atoms with Gasteiger partial charge >= 0.3 is 6.18 Å². The summed E-state index contributed by atoms with van der Waals surface area (Å²) in [6.07, 6.45) is -2.27. The molecule has 0 heterocycles. The summed E-state index contributed by atoms with van der Waals surface area (Å²) in [4.78, 5) is 6.44. The molecule has 0 bridgehead atoms. The highest BCUT2D eigenvalue weighted by Crippen LogP contribution is 2.33. The van der Waals surface area contributed by atoms with Gasteiger partial charge in [-0.15, -0.1) is 0 Å². The molecule has 0 unspecified atom stereocenters. The molecule has 140 valence electrons. The first-order valence-electron chi connectivity index (χ1n) is 8.32. The number of hydrogen-bond acceptors (Lipinski definition) is 1. The van der Waals surface area contributed by atoms with Crippen molar-refractivity contribution in [1.82, 2.24) is 4.90 Å². The topological polar surface area (TPSA) is 15.6 Å². The van der Waals surface area contributed by atoms with Crippen LogP contribution in [-0.4, -0.2) is 24.8 Å². The zero-order chi connectivity index (χ0) is 19.5. The second-order valence-electron chi connectivity index (χ2n) is 6.36. The Labute approximate surface area is 157 Å². The van der Waals surface area contributed by atoms with Crippen molar-refractivity contribution in [2.24, 2.45) is 4.99 Å². The summed E-state index contributed by atoms with van der Waals surface area (Å²) in [5.41, 5.74) is 3.50. The smallest absolute Gasteiger partial charge is 0.366 e. The predicted molar refractivity (Wildman–Crippen MR) is 102 cm³/mol. The predicted octanol–water partition coefficient (Wildman–Crippen LogP) is 6.18. The maximum Gasteiger partial charge on any atom is 0.416 e. The fourth-order valence-corrected chi connectivity index (χ4v) is 2.71. The molecule has 2 aromatic carbocycles. The molecule has 0 aromatic heterocycles. The molecule has 0 atom stereocenters. The molecule has 0 radical (unpaired) electrons. The van der Waals surface area contributed by atoms with Crippen LogP contribution in [0, 0.1) is 13.8 Å². The lowest BCUT2D eigenvalue weighted by atomic mass is 9.96. The second kappa shape index (κ2) is 8.12. The standard InChI is InChI=1S/C20H22ClF3N2/c1-5-26(4)12-25-19-9-13(2)15(8-14(19)3)10-16-11-17(20(22,23)24)6-7-18(16)21/h6-9,11-12H,5,10H2,1-4H3/b25-12-. The van der Waals surface area contributed by atoms with Gasteiger partial charge in [0, 0.05) is 18.6 Å². The number of aryl methyl sites for hydroxylation is 2. The highest BCUT2D eigenvalue weighted by Gasteiger charge is 2.30. The molecular weight excluding hydrogens is 361 g/mol. The third-order valence-corrected chi connectivity index (χ3v) is 4.67. The van der Waals surface area contributed by atoms with E-state index in [1.54, 1.807) is 6.34 Å². The molecule has 0 saturated heterocycles. The van der Waals surface area contributed by atoms with Crippen LogP contribution in [0.2, 0.25) is 5.02 Å². The number of alkyl halides is 3. The van der Waals surface area contributed by atoms with Crippen molar-refractivity contribution in [1.29, 1.82) is 0 Å². The number of halogens is 4. The average Bonchev–Trinajstić information content (AvgIpc) is 2.57. The number of nitrogens with zero attached hydrogens (tertiary/aromatic N) is 2. The van der Waals surface area contributed by atoms with Crippen molar-refractivity contribution in [3.05, 3.63) is 63.2 Å². The molecule has 0 fully saturated rings. The van der Waals surface area contributed by atoms with E-state index in [0.717, 1.165) is 41.1 Å². The Morgan fingerprint density at radius 3 is 2.38 bits per heavy atom. The SMILES string of the molecule is CCN(C)/C=N\c1cc(C)c(Cc2cc(C(F)(F)F)ccc2Cl)cc1C. The van der Waals surface area contributed by atoms with Gasteiger partial charge in [-0.25, -0.2) is 4.99 Å². The summed E-state index contributed by atoms with van der Waals surface area (Å²) in [6.45, 7) is 6.76. The number of rotatable bonds is 5. The van der Waals surface area contributed by atoms with E-state index in [0.29, 0.717) is 17.0 Å². The van der Waals surface area contributed by atoms with Crippen molar-refractivity contribution >= 4 is 23.6 Å². The van der Waals surface area contributed by atoms with E-state index in [4.69, 9.17) is 11.6 Å². The molecule has 2 rings (SSSR count). The Morgan fingerprint density at radius 2 is 1.77 bits per heavy atom. The van der Waals surface area contributed by atoms with Crippen molar-refractivity contribution in [3.63, 3.8) is 0 Å². The molecule has 0 aliphatic carbocycles. The minimum Gasteiger partial charge on any atom is -0.366 e. The van der Waals surface area contributed by atoms with Gasteiger partial charge in [-0.1, -0.05) is 17.7 Å². The molecule has 0 aliphatic rings. The minimum atomic E-state index is -4.38. The van der Waals surface area contributed by atoms with Gasteiger partial charge in [0.2, 0.25) is 0 Å². The third-order valence-electron chi connectivity index (χ3n) is 4.30. The normalized spacial score (nSPS) is 12.0. The van der Waals surface area contributed by atoms with Crippen molar-refractivity contribution in [2.75, 3.05) is 13.6 Å². The summed E-state index contributed by atoms with van der Waals surface area (Å²) in [6, 6.07) is 7.35. The van der Waals surface area contributed by atoms with E-state index in [9.17, 15) is 13.2 Å². The van der Waals surface area contributed by atoms with E-state index in [2.05, 4.69) is 4.99 Å². The van der Waals surface area contributed by atoms with Gasteiger partial charge in [-0.2, -0.15) is 13.2 Å². The molecule has 0 spiro atoms. The highest BCUT2D eigenvalue weighted by molar-refractivity contribution is 6.31. The summed E-state index contributed by atoms with van der Waals surface area (Å²) in [7, 11) is 1.94. The van der Waals surface area contributed by atoms with Crippen LogP contribution in [0.4, 0.5) is 18.9 Å². The highest BCUT2D eigenvalue weighted by atomic mass is 35.5. The Balaban J connectivity index is 2.34. The lowest BCUT2D eigenvalue weighted by molar-refractivity contribution is -0.137. The fourth-order valence-electron chi connectivity index (χ4n) is 2.52. The van der Waals surface area contributed by atoms with E-state index in [-0.39, 0.29) is 0 Å². The molecule has 6 heteroatoms. The van der Waals surface area contributed by atoms with Gasteiger partial charge in [0.05, 0.1) is 17.6 Å². The summed E-state index contributed by atoms with van der Waals surface area (Å²) < 4.78 is 38.9. The molecule has 0 aliphatic heterocycles. The largest absolute Gasteiger partial charge is 0.416 e. The van der Waals surface area contributed by atoms with Gasteiger partial charge in [0.1, 0.15) is 0 Å². The third kappa shape index (κ3) is 5.01. The first-order valence-corrected chi connectivity index (χ1v) is 8.69. The lowest BCUT2D eigenvalue weighted by Gasteiger charge is -2.14. The molecule has 2 nitrogen and oxygen atoms in total. The number of benzene rings is 2. The van der Waals surface area contributed by atoms with Crippen LogP contribution in [-0.2, 0) is 12.6 Å². The molecule has 26 heavy (non-hydrogen) atoms. The number of aliphatic imine (C=N–C) groups is 1. The zero-order valence-corrected chi connectivity index (χ0v) is 16.0. The zero-order valence-electron chi connectivity index (χ0n) is 15.3. The van der Waals surface area contributed by atoms with E-state index >= 15 is 0 Å². The van der Waals surface area contributed by atoms with E-state index in [1.165, 1.54) is 6.07 Å². The molecule has 0 N–H and O–H groups in total. The van der Waals surface area contributed by atoms with Crippen molar-refractivity contribution < 1.29 is 13.2 Å². The first kappa shape index (κ1) is 20.3. The Morgan fingerprint density at radius 1 is 1.08 bits per heavy atom. The number of hydrogen-bond donors (Lipinski definition) is 0. The van der Waals surface area contributed by atoms with Crippen molar-refractivity contribution in [3.8, 4) is 0 Å². The average molecular weight is 383 g/mol. The quantitative estimate of drug-likeness (QED) is 0.445. The van der Waals surface area contributed by atoms with Gasteiger partial charge in [-0.05, 0) is 73.7 Å². The molecular formula is C20H22ClF3N2. The van der Waals surface area contributed by atoms with Gasteiger partial charge < -0.3 is 4.90 Å². The van der Waals surface area contributed by atoms with Gasteiger partial charge in [0.25, 0.3) is 0 Å². The van der Waals surface area contributed by atoms with Gasteiger partial charge in [0.15, 0.2) is 0 Å². The summed E-state index contributed by atoms with van der Waals surface area (Å²) in [5, 5.41) is 0.335. The summed E-state index contributed by atoms with van der Waals surface area (Å²) >= 11 is 6.12. The lowest BCUT2D eigenvalue weighted by Crippen LogP contribution is -2.14. The van der Waals surface area contributed by atoms with E-state index < -0.39 is 11.7 Å².